The van der Waals surface area contributed by atoms with Gasteiger partial charge in [-0.15, -0.1) is 0 Å². The summed E-state index contributed by atoms with van der Waals surface area (Å²) in [5.41, 5.74) is 3.84. The van der Waals surface area contributed by atoms with Crippen LogP contribution in [0.4, 0.5) is 39.3 Å². The molecular weight excluding hydrogens is 483 g/mol. The predicted octanol–water partition coefficient (Wildman–Crippen LogP) is 4.94. The minimum absolute atomic E-state index is 0.0592. The first-order valence-electron chi connectivity index (χ1n) is 10.6. The fourth-order valence-electron chi connectivity index (χ4n) is 2.74. The highest BCUT2D eigenvalue weighted by Crippen LogP contribution is 2.19. The van der Waals surface area contributed by atoms with Crippen LogP contribution in [-0.4, -0.2) is 37.2 Å². The zero-order valence-electron chi connectivity index (χ0n) is 19.4. The Labute approximate surface area is 210 Å². The summed E-state index contributed by atoms with van der Waals surface area (Å²) in [7, 11) is 0. The van der Waals surface area contributed by atoms with Crippen LogP contribution in [0.5, 0.6) is 0 Å². The van der Waals surface area contributed by atoms with Crippen LogP contribution in [0.1, 0.15) is 12.5 Å². The van der Waals surface area contributed by atoms with Crippen molar-refractivity contribution in [3.8, 4) is 0 Å². The van der Waals surface area contributed by atoms with Crippen molar-refractivity contribution in [1.29, 1.82) is 0 Å². The molecule has 4 aromatic rings. The first-order valence-corrected chi connectivity index (χ1v) is 10.6. The van der Waals surface area contributed by atoms with Gasteiger partial charge in [0.1, 0.15) is 5.82 Å². The number of hydrogen-bond donors (Lipinski definition) is 4. The molecule has 0 spiro atoms. The smallest absolute Gasteiger partial charge is 0.300 e. The van der Waals surface area contributed by atoms with E-state index in [9.17, 15) is 14.5 Å². The number of benzene rings is 3. The third-order valence-corrected chi connectivity index (χ3v) is 4.25. The van der Waals surface area contributed by atoms with Crippen molar-refractivity contribution in [2.45, 2.75) is 6.92 Å². The number of nitrogens with zero attached hydrogens (tertiary/aromatic N) is 5. The molecule has 13 heteroatoms. The van der Waals surface area contributed by atoms with Crippen LogP contribution >= 0.6 is 0 Å². The number of carboxylic acids is 1. The van der Waals surface area contributed by atoms with Crippen LogP contribution in [0.3, 0.4) is 0 Å². The third-order valence-electron chi connectivity index (χ3n) is 4.25. The van der Waals surface area contributed by atoms with E-state index in [2.05, 4.69) is 36.1 Å². The van der Waals surface area contributed by atoms with Gasteiger partial charge in [-0.2, -0.15) is 20.1 Å². The van der Waals surface area contributed by atoms with Crippen molar-refractivity contribution in [2.75, 3.05) is 16.1 Å². The Morgan fingerprint density at radius 3 is 1.89 bits per heavy atom. The maximum Gasteiger partial charge on any atom is 0.300 e. The average molecular weight is 504 g/mol. The van der Waals surface area contributed by atoms with Gasteiger partial charge in [0.25, 0.3) is 11.7 Å². The van der Waals surface area contributed by atoms with Crippen molar-refractivity contribution in [3.05, 3.63) is 100 Å². The molecule has 0 radical (unpaired) electrons. The second-order valence-electron chi connectivity index (χ2n) is 7.14. The van der Waals surface area contributed by atoms with Crippen molar-refractivity contribution in [3.63, 3.8) is 0 Å². The molecule has 12 nitrogen and oxygen atoms in total. The van der Waals surface area contributed by atoms with Gasteiger partial charge >= 0.3 is 0 Å². The van der Waals surface area contributed by atoms with E-state index in [4.69, 9.17) is 9.90 Å². The van der Waals surface area contributed by atoms with Crippen LogP contribution in [0.15, 0.2) is 84.0 Å². The van der Waals surface area contributed by atoms with Gasteiger partial charge in [-0.25, -0.2) is 9.82 Å². The Kier molecular flexibility index (Phi) is 9.08. The summed E-state index contributed by atoms with van der Waals surface area (Å²) in [4.78, 5) is 32.2. The number of nitrogens with one attached hydrogen (secondary N) is 3. The maximum atomic E-state index is 14.0. The number of hydrazone groups is 1. The molecule has 4 rings (SSSR count). The summed E-state index contributed by atoms with van der Waals surface area (Å²) >= 11 is 0. The molecule has 0 fully saturated rings. The van der Waals surface area contributed by atoms with Gasteiger partial charge in [0.2, 0.25) is 17.8 Å². The molecule has 0 saturated heterocycles. The minimum Gasteiger partial charge on any atom is -0.481 e. The lowest BCUT2D eigenvalue weighted by Crippen LogP contribution is -2.07. The number of halogens is 1. The number of carbonyl (C=O) groups is 1. The highest BCUT2D eigenvalue weighted by molar-refractivity contribution is 5.81. The Balaban J connectivity index is 0.000000886. The lowest BCUT2D eigenvalue weighted by Gasteiger charge is -2.10. The van der Waals surface area contributed by atoms with Crippen LogP contribution < -0.4 is 16.1 Å². The van der Waals surface area contributed by atoms with E-state index in [0.717, 1.165) is 42.7 Å². The normalized spacial score (nSPS) is 10.2. The molecule has 188 valence electrons. The van der Waals surface area contributed by atoms with Gasteiger partial charge in [0.15, 0.2) is 0 Å². The molecule has 37 heavy (non-hydrogen) atoms. The maximum absolute atomic E-state index is 14.0. The van der Waals surface area contributed by atoms with Crippen molar-refractivity contribution < 1.29 is 19.2 Å². The average Bonchev–Trinajstić information content (AvgIpc) is 2.86. The highest BCUT2D eigenvalue weighted by atomic mass is 19.1. The largest absolute Gasteiger partial charge is 0.481 e. The lowest BCUT2D eigenvalue weighted by molar-refractivity contribution is -0.384. The van der Waals surface area contributed by atoms with E-state index in [1.54, 1.807) is 0 Å². The van der Waals surface area contributed by atoms with Gasteiger partial charge in [0.05, 0.1) is 11.1 Å². The molecule has 1 heterocycles. The van der Waals surface area contributed by atoms with E-state index in [1.807, 2.05) is 60.7 Å². The molecular formula is C24H21FN8O4. The van der Waals surface area contributed by atoms with E-state index < -0.39 is 16.7 Å². The van der Waals surface area contributed by atoms with Gasteiger partial charge in [-0.3, -0.25) is 14.9 Å². The number of nitro benzene ring substituents is 1. The van der Waals surface area contributed by atoms with E-state index in [0.29, 0.717) is 0 Å². The van der Waals surface area contributed by atoms with Crippen LogP contribution in [0, 0.1) is 15.9 Å². The number of rotatable bonds is 8. The lowest BCUT2D eigenvalue weighted by atomic mass is 10.2. The van der Waals surface area contributed by atoms with Crippen molar-refractivity contribution in [2.24, 2.45) is 5.10 Å². The summed E-state index contributed by atoms with van der Waals surface area (Å²) in [5, 5.41) is 28.4. The van der Waals surface area contributed by atoms with Crippen molar-refractivity contribution >= 4 is 47.1 Å². The molecule has 0 saturated carbocycles. The summed E-state index contributed by atoms with van der Waals surface area (Å²) in [5.74, 6) is -0.925. The van der Waals surface area contributed by atoms with Crippen LogP contribution in [0.2, 0.25) is 0 Å². The van der Waals surface area contributed by atoms with Crippen LogP contribution in [0.25, 0.3) is 0 Å². The molecule has 0 aliphatic carbocycles. The van der Waals surface area contributed by atoms with E-state index >= 15 is 0 Å². The molecule has 0 aliphatic rings. The van der Waals surface area contributed by atoms with Gasteiger partial charge in [-0.05, 0) is 30.3 Å². The number of aliphatic carboxylic acids is 1. The Morgan fingerprint density at radius 1 is 0.919 bits per heavy atom. The van der Waals surface area contributed by atoms with E-state index in [-0.39, 0.29) is 29.1 Å². The molecule has 0 unspecified atom stereocenters. The monoisotopic (exact) mass is 504 g/mol. The second kappa shape index (κ2) is 12.9. The number of anilines is 5. The number of nitro groups is 1. The number of hydrogen-bond acceptors (Lipinski definition) is 10. The summed E-state index contributed by atoms with van der Waals surface area (Å²) in [6.07, 6.45) is 1.11. The van der Waals surface area contributed by atoms with Gasteiger partial charge in [0, 0.05) is 36.0 Å². The summed E-state index contributed by atoms with van der Waals surface area (Å²) < 4.78 is 14.0. The topological polar surface area (TPSA) is 168 Å². The number of para-hydroxylation sites is 2. The first kappa shape index (κ1) is 26.2. The Hall–Kier alpha value is -5.46. The number of carboxylic acid groups (broad SMARTS) is 1. The molecule has 0 aliphatic heterocycles. The quantitative estimate of drug-likeness (QED) is 0.146. The molecule has 0 amide bonds. The fourth-order valence-corrected chi connectivity index (χ4v) is 2.74. The predicted molar refractivity (Wildman–Crippen MR) is 137 cm³/mol. The fraction of sp³-hybridized carbons (Fsp3) is 0.0417. The Bertz CT molecular complexity index is 1320. The van der Waals surface area contributed by atoms with Crippen LogP contribution in [-0.2, 0) is 4.79 Å². The summed E-state index contributed by atoms with van der Waals surface area (Å²) in [6, 6.07) is 21.8. The number of non-ortho nitro benzene ring substituents is 1. The Morgan fingerprint density at radius 2 is 1.41 bits per heavy atom. The first-order chi connectivity index (χ1) is 17.8. The second-order valence-corrected chi connectivity index (χ2v) is 7.14. The molecule has 0 bridgehead atoms. The molecule has 0 atom stereocenters. The highest BCUT2D eigenvalue weighted by Gasteiger charge is 2.10. The van der Waals surface area contributed by atoms with Gasteiger partial charge < -0.3 is 15.7 Å². The standard InChI is InChI=1S/C22H17FN8O2.C2H4O2/c23-19-12-11-18(31(32)33)13-15(19)14-24-30-22-28-20(25-16-7-3-1-4-8-16)27-21(29-22)26-17-9-5-2-6-10-17;1-2(3)4/h1-14H,(H3,25,26,27,28,29,30);1H3,(H,3,4). The molecule has 4 N–H and O–H groups in total. The molecule has 1 aromatic heterocycles. The summed E-state index contributed by atoms with van der Waals surface area (Å²) in [6.45, 7) is 1.08. The van der Waals surface area contributed by atoms with Gasteiger partial charge in [-0.1, -0.05) is 36.4 Å². The van der Waals surface area contributed by atoms with Crippen molar-refractivity contribution in [1.82, 2.24) is 15.0 Å². The third kappa shape index (κ3) is 8.68. The SMILES string of the molecule is CC(=O)O.O=[N+]([O-])c1ccc(F)c(C=NNc2nc(Nc3ccccc3)nc(Nc3ccccc3)n2)c1. The molecule has 3 aromatic carbocycles. The zero-order valence-corrected chi connectivity index (χ0v) is 19.4. The minimum atomic E-state index is -0.833. The zero-order chi connectivity index (χ0) is 26.6. The van der Waals surface area contributed by atoms with E-state index in [1.165, 1.54) is 0 Å². The number of aromatic nitrogens is 3.